The average Bonchev–Trinajstić information content (AvgIpc) is 3.07. The molecule has 28 heavy (non-hydrogen) atoms. The third kappa shape index (κ3) is 4.43. The molecule has 0 spiro atoms. The van der Waals surface area contributed by atoms with Crippen LogP contribution in [0.5, 0.6) is 0 Å². The van der Waals surface area contributed by atoms with Gasteiger partial charge in [-0.1, -0.05) is 47.6 Å². The first-order valence-corrected chi connectivity index (χ1v) is 9.84. The molecule has 0 aliphatic rings. The van der Waals surface area contributed by atoms with Crippen LogP contribution in [0.4, 0.5) is 10.1 Å². The fourth-order valence-electron chi connectivity index (χ4n) is 2.59. The number of allylic oxidation sites excluding steroid dienone is 1. The van der Waals surface area contributed by atoms with Crippen LogP contribution >= 0.6 is 23.4 Å². The number of carbonyl (C=O) groups is 1. The van der Waals surface area contributed by atoms with Crippen molar-refractivity contribution in [2.75, 3.05) is 11.1 Å². The Balaban J connectivity index is 1.75. The average molecular weight is 417 g/mol. The van der Waals surface area contributed by atoms with Crippen LogP contribution in [-0.2, 0) is 11.3 Å². The van der Waals surface area contributed by atoms with E-state index in [0.29, 0.717) is 33.8 Å². The molecule has 0 atom stereocenters. The summed E-state index contributed by atoms with van der Waals surface area (Å²) in [5, 5.41) is 12.2. The second-order valence-electron chi connectivity index (χ2n) is 5.93. The molecule has 0 saturated heterocycles. The van der Waals surface area contributed by atoms with Crippen LogP contribution in [0.25, 0.3) is 11.4 Å². The number of anilines is 1. The predicted molar refractivity (Wildman–Crippen MR) is 111 cm³/mol. The molecule has 0 bridgehead atoms. The molecule has 0 unspecified atom stereocenters. The maximum atomic E-state index is 14.1. The van der Waals surface area contributed by atoms with E-state index in [-0.39, 0.29) is 17.5 Å². The Morgan fingerprint density at radius 2 is 2.07 bits per heavy atom. The number of halogens is 2. The number of hydrogen-bond acceptors (Lipinski definition) is 4. The summed E-state index contributed by atoms with van der Waals surface area (Å²) in [5.41, 5.74) is 1.82. The van der Waals surface area contributed by atoms with Crippen LogP contribution < -0.4 is 5.32 Å². The molecule has 0 aliphatic carbocycles. The molecule has 3 rings (SSSR count). The zero-order valence-corrected chi connectivity index (χ0v) is 16.7. The highest BCUT2D eigenvalue weighted by Gasteiger charge is 2.17. The molecule has 144 valence electrons. The lowest BCUT2D eigenvalue weighted by atomic mass is 10.2. The molecule has 1 aromatic heterocycles. The normalized spacial score (nSPS) is 10.7. The van der Waals surface area contributed by atoms with E-state index in [2.05, 4.69) is 22.1 Å². The number of rotatable bonds is 7. The summed E-state index contributed by atoms with van der Waals surface area (Å²) in [6, 6.07) is 11.7. The number of thioether (sulfide) groups is 1. The van der Waals surface area contributed by atoms with E-state index in [1.54, 1.807) is 47.0 Å². The van der Waals surface area contributed by atoms with Crippen molar-refractivity contribution in [1.82, 2.24) is 14.8 Å². The highest BCUT2D eigenvalue weighted by molar-refractivity contribution is 7.99. The summed E-state index contributed by atoms with van der Waals surface area (Å²) in [6.45, 7) is 5.97. The van der Waals surface area contributed by atoms with Crippen molar-refractivity contribution in [3.8, 4) is 11.4 Å². The molecule has 3 aromatic rings. The van der Waals surface area contributed by atoms with E-state index in [1.165, 1.54) is 17.8 Å². The van der Waals surface area contributed by atoms with Crippen molar-refractivity contribution in [2.24, 2.45) is 0 Å². The maximum absolute atomic E-state index is 14.1. The van der Waals surface area contributed by atoms with Crippen LogP contribution in [0.15, 0.2) is 60.3 Å². The summed E-state index contributed by atoms with van der Waals surface area (Å²) in [5.74, 6) is -0.0631. The second-order valence-corrected chi connectivity index (χ2v) is 7.28. The number of nitrogens with one attached hydrogen (secondary N) is 1. The fraction of sp³-hybridized carbons (Fsp3) is 0.150. The molecule has 0 aliphatic heterocycles. The highest BCUT2D eigenvalue weighted by Crippen LogP contribution is 2.27. The number of nitrogens with zero attached hydrogens (tertiary/aromatic N) is 3. The van der Waals surface area contributed by atoms with Gasteiger partial charge in [0.15, 0.2) is 11.0 Å². The number of carbonyl (C=O) groups excluding carboxylic acids is 1. The summed E-state index contributed by atoms with van der Waals surface area (Å²) >= 11 is 7.30. The minimum absolute atomic E-state index is 0.124. The van der Waals surface area contributed by atoms with Gasteiger partial charge in [-0.15, -0.1) is 16.8 Å². The Hall–Kier alpha value is -2.64. The van der Waals surface area contributed by atoms with Crippen LogP contribution in [-0.4, -0.2) is 26.4 Å². The number of hydrogen-bond donors (Lipinski definition) is 1. The SMILES string of the molecule is C=CCn1c(SCC(=O)Nc2cccc(Cl)c2C)nnc1-c1ccccc1F. The van der Waals surface area contributed by atoms with Crippen LogP contribution in [0.2, 0.25) is 5.02 Å². The van der Waals surface area contributed by atoms with E-state index in [1.807, 2.05) is 6.92 Å². The monoisotopic (exact) mass is 416 g/mol. The molecule has 0 saturated carbocycles. The molecule has 1 N–H and O–H groups in total. The van der Waals surface area contributed by atoms with Crippen LogP contribution in [0.3, 0.4) is 0 Å². The minimum atomic E-state index is -0.383. The lowest BCUT2D eigenvalue weighted by molar-refractivity contribution is -0.113. The molecule has 1 amide bonds. The zero-order valence-electron chi connectivity index (χ0n) is 15.2. The summed E-state index contributed by atoms with van der Waals surface area (Å²) in [7, 11) is 0. The maximum Gasteiger partial charge on any atom is 0.234 e. The van der Waals surface area contributed by atoms with Crippen molar-refractivity contribution >= 4 is 35.0 Å². The quantitative estimate of drug-likeness (QED) is 0.436. The number of benzene rings is 2. The summed E-state index contributed by atoms with van der Waals surface area (Å²) in [4.78, 5) is 12.3. The first-order chi connectivity index (χ1) is 13.5. The van der Waals surface area contributed by atoms with Gasteiger partial charge in [0.1, 0.15) is 5.82 Å². The van der Waals surface area contributed by atoms with E-state index >= 15 is 0 Å². The Labute approximate surface area is 171 Å². The summed E-state index contributed by atoms with van der Waals surface area (Å²) < 4.78 is 15.9. The third-order valence-corrected chi connectivity index (χ3v) is 5.39. The van der Waals surface area contributed by atoms with E-state index in [0.717, 1.165) is 5.56 Å². The minimum Gasteiger partial charge on any atom is -0.325 e. The van der Waals surface area contributed by atoms with E-state index in [9.17, 15) is 9.18 Å². The summed E-state index contributed by atoms with van der Waals surface area (Å²) in [6.07, 6.45) is 1.67. The van der Waals surface area contributed by atoms with Crippen molar-refractivity contribution in [1.29, 1.82) is 0 Å². The lowest BCUT2D eigenvalue weighted by Crippen LogP contribution is -2.15. The van der Waals surface area contributed by atoms with Gasteiger partial charge in [-0.25, -0.2) is 4.39 Å². The third-order valence-electron chi connectivity index (χ3n) is 4.02. The number of aromatic nitrogens is 3. The standard InChI is InChI=1S/C20H18ClFN4OS/c1-3-11-26-19(14-7-4-5-9-16(14)22)24-25-20(26)28-12-18(27)23-17-10-6-8-15(21)13(17)2/h3-10H,1,11-12H2,2H3,(H,23,27). The van der Waals surface area contributed by atoms with Gasteiger partial charge in [0, 0.05) is 17.3 Å². The van der Waals surface area contributed by atoms with Gasteiger partial charge in [0.05, 0.1) is 11.3 Å². The van der Waals surface area contributed by atoms with E-state index < -0.39 is 0 Å². The molecule has 5 nitrogen and oxygen atoms in total. The molecule has 0 radical (unpaired) electrons. The molecule has 8 heteroatoms. The zero-order chi connectivity index (χ0) is 20.1. The Bertz CT molecular complexity index is 1020. The largest absolute Gasteiger partial charge is 0.325 e. The molecular weight excluding hydrogens is 399 g/mol. The molecule has 0 fully saturated rings. The van der Waals surface area contributed by atoms with Crippen molar-refractivity contribution in [3.63, 3.8) is 0 Å². The van der Waals surface area contributed by atoms with Gasteiger partial charge < -0.3 is 5.32 Å². The second kappa shape index (κ2) is 9.03. The van der Waals surface area contributed by atoms with Crippen molar-refractivity contribution < 1.29 is 9.18 Å². The van der Waals surface area contributed by atoms with Crippen LogP contribution in [0, 0.1) is 12.7 Å². The topological polar surface area (TPSA) is 59.8 Å². The molecule has 2 aromatic carbocycles. The van der Waals surface area contributed by atoms with Gasteiger partial charge in [0.25, 0.3) is 0 Å². The van der Waals surface area contributed by atoms with Gasteiger partial charge in [0.2, 0.25) is 5.91 Å². The number of amides is 1. The Morgan fingerprint density at radius 3 is 2.82 bits per heavy atom. The highest BCUT2D eigenvalue weighted by atomic mass is 35.5. The van der Waals surface area contributed by atoms with E-state index in [4.69, 9.17) is 11.6 Å². The van der Waals surface area contributed by atoms with Crippen molar-refractivity contribution in [3.05, 3.63) is 71.5 Å². The van der Waals surface area contributed by atoms with Gasteiger partial charge in [-0.3, -0.25) is 9.36 Å². The van der Waals surface area contributed by atoms with Gasteiger partial charge in [-0.2, -0.15) is 0 Å². The Kier molecular flexibility index (Phi) is 6.49. The molecule has 1 heterocycles. The van der Waals surface area contributed by atoms with Gasteiger partial charge >= 0.3 is 0 Å². The lowest BCUT2D eigenvalue weighted by Gasteiger charge is -2.10. The first kappa shape index (κ1) is 20.1. The molecular formula is C20H18ClFN4OS. The van der Waals surface area contributed by atoms with Gasteiger partial charge in [-0.05, 0) is 36.8 Å². The van der Waals surface area contributed by atoms with Crippen molar-refractivity contribution in [2.45, 2.75) is 18.6 Å². The smallest absolute Gasteiger partial charge is 0.234 e. The van der Waals surface area contributed by atoms with Crippen LogP contribution in [0.1, 0.15) is 5.56 Å². The Morgan fingerprint density at radius 1 is 1.29 bits per heavy atom. The fourth-order valence-corrected chi connectivity index (χ4v) is 3.51. The predicted octanol–water partition coefficient (Wildman–Crippen LogP) is 4.96. The first-order valence-electron chi connectivity index (χ1n) is 8.48.